The second kappa shape index (κ2) is 6.52. The smallest absolute Gasteiger partial charge is 0.303 e. The first-order valence-electron chi connectivity index (χ1n) is 6.85. The summed E-state index contributed by atoms with van der Waals surface area (Å²) in [4.78, 5) is 10.4. The van der Waals surface area contributed by atoms with Gasteiger partial charge in [0, 0.05) is 19.2 Å². The van der Waals surface area contributed by atoms with E-state index < -0.39 is 5.97 Å². The Morgan fingerprint density at radius 1 is 1.39 bits per heavy atom. The number of rotatable bonds is 7. The molecule has 0 unspecified atom stereocenters. The number of aliphatic carboxylic acids is 1. The molecule has 5 nitrogen and oxygen atoms in total. The summed E-state index contributed by atoms with van der Waals surface area (Å²) in [6, 6.07) is 0. The molecule has 0 bridgehead atoms. The number of aryl methyl sites for hydroxylation is 1. The predicted molar refractivity (Wildman–Crippen MR) is 67.2 cm³/mol. The number of unbranched alkanes of at least 4 members (excludes halogenated alkanes) is 1. The van der Waals surface area contributed by atoms with Gasteiger partial charge in [-0.3, -0.25) is 9.48 Å². The van der Waals surface area contributed by atoms with Gasteiger partial charge in [-0.2, -0.15) is 0 Å². The molecule has 0 saturated heterocycles. The molecule has 1 N–H and O–H groups in total. The lowest BCUT2D eigenvalue weighted by atomic mass is 10.1. The van der Waals surface area contributed by atoms with E-state index in [9.17, 15) is 4.79 Å². The molecule has 2 rings (SSSR count). The van der Waals surface area contributed by atoms with Crippen LogP contribution in [0.2, 0.25) is 0 Å². The van der Waals surface area contributed by atoms with Crippen LogP contribution in [-0.2, 0) is 17.8 Å². The average Bonchev–Trinajstić information content (AvgIpc) is 2.97. The maximum atomic E-state index is 10.4. The standard InChI is InChI=1S/C13H21N3O2/c17-13(18)8-4-3-7-12-10-16(15-14-12)9-11-5-1-2-6-11/h10-11H,1-9H2,(H,17,18). The van der Waals surface area contributed by atoms with Crippen LogP contribution in [0.25, 0.3) is 0 Å². The molecule has 0 radical (unpaired) electrons. The van der Waals surface area contributed by atoms with Crippen molar-refractivity contribution in [1.82, 2.24) is 15.0 Å². The minimum Gasteiger partial charge on any atom is -0.481 e. The summed E-state index contributed by atoms with van der Waals surface area (Å²) in [5.74, 6) is 0.0476. The van der Waals surface area contributed by atoms with Crippen LogP contribution in [0, 0.1) is 5.92 Å². The van der Waals surface area contributed by atoms with Crippen molar-refractivity contribution in [1.29, 1.82) is 0 Å². The first-order chi connectivity index (χ1) is 8.74. The molecule has 0 aromatic carbocycles. The van der Waals surface area contributed by atoms with Crippen LogP contribution in [0.15, 0.2) is 6.20 Å². The molecule has 1 aromatic rings. The summed E-state index contributed by atoms with van der Waals surface area (Å²) >= 11 is 0. The Hall–Kier alpha value is -1.39. The summed E-state index contributed by atoms with van der Waals surface area (Å²) in [6.07, 6.45) is 10.00. The average molecular weight is 251 g/mol. The SMILES string of the molecule is O=C(O)CCCCc1cn(CC2CCCC2)nn1. The molecule has 100 valence electrons. The third-order valence-electron chi connectivity index (χ3n) is 3.58. The third-order valence-corrected chi connectivity index (χ3v) is 3.58. The van der Waals surface area contributed by atoms with E-state index in [1.807, 2.05) is 10.9 Å². The zero-order valence-corrected chi connectivity index (χ0v) is 10.7. The van der Waals surface area contributed by atoms with Crippen LogP contribution in [0.5, 0.6) is 0 Å². The fraction of sp³-hybridized carbons (Fsp3) is 0.769. The van der Waals surface area contributed by atoms with Crippen molar-refractivity contribution in [2.45, 2.75) is 57.9 Å². The fourth-order valence-electron chi connectivity index (χ4n) is 2.58. The second-order valence-corrected chi connectivity index (χ2v) is 5.18. The van der Waals surface area contributed by atoms with Crippen LogP contribution >= 0.6 is 0 Å². The number of nitrogens with zero attached hydrogens (tertiary/aromatic N) is 3. The summed E-state index contributed by atoms with van der Waals surface area (Å²) in [5, 5.41) is 16.8. The maximum absolute atomic E-state index is 10.4. The third kappa shape index (κ3) is 4.13. The van der Waals surface area contributed by atoms with Gasteiger partial charge >= 0.3 is 5.97 Å². The molecule has 1 aliphatic rings. The van der Waals surface area contributed by atoms with Gasteiger partial charge in [0.2, 0.25) is 0 Å². The highest BCUT2D eigenvalue weighted by atomic mass is 16.4. The number of aromatic nitrogens is 3. The summed E-state index contributed by atoms with van der Waals surface area (Å²) < 4.78 is 1.95. The van der Waals surface area contributed by atoms with Gasteiger partial charge in [0.1, 0.15) is 0 Å². The van der Waals surface area contributed by atoms with E-state index in [4.69, 9.17) is 5.11 Å². The number of carboxylic acids is 1. The largest absolute Gasteiger partial charge is 0.481 e. The van der Waals surface area contributed by atoms with E-state index in [0.29, 0.717) is 6.42 Å². The van der Waals surface area contributed by atoms with Crippen molar-refractivity contribution in [2.75, 3.05) is 0 Å². The number of hydrogen-bond acceptors (Lipinski definition) is 3. The zero-order valence-electron chi connectivity index (χ0n) is 10.7. The van der Waals surface area contributed by atoms with Crippen LogP contribution in [0.1, 0.15) is 50.6 Å². The summed E-state index contributed by atoms with van der Waals surface area (Å²) in [7, 11) is 0. The molecule has 18 heavy (non-hydrogen) atoms. The Kier molecular flexibility index (Phi) is 4.73. The van der Waals surface area contributed by atoms with E-state index in [1.165, 1.54) is 25.7 Å². The molecule has 1 fully saturated rings. The molecule has 1 saturated carbocycles. The van der Waals surface area contributed by atoms with E-state index in [2.05, 4.69) is 10.3 Å². The second-order valence-electron chi connectivity index (χ2n) is 5.18. The highest BCUT2D eigenvalue weighted by Crippen LogP contribution is 2.25. The molecule has 0 spiro atoms. The van der Waals surface area contributed by atoms with Gasteiger partial charge in [-0.15, -0.1) is 5.10 Å². The van der Waals surface area contributed by atoms with Crippen molar-refractivity contribution < 1.29 is 9.90 Å². The van der Waals surface area contributed by atoms with Gasteiger partial charge in [0.25, 0.3) is 0 Å². The number of hydrogen-bond donors (Lipinski definition) is 1. The quantitative estimate of drug-likeness (QED) is 0.755. The van der Waals surface area contributed by atoms with E-state index in [-0.39, 0.29) is 6.42 Å². The predicted octanol–water partition coefficient (Wildman–Crippen LogP) is 2.27. The molecule has 1 heterocycles. The normalized spacial score (nSPS) is 16.2. The van der Waals surface area contributed by atoms with Crippen LogP contribution in [0.4, 0.5) is 0 Å². The van der Waals surface area contributed by atoms with Gasteiger partial charge in [-0.25, -0.2) is 0 Å². The lowest BCUT2D eigenvalue weighted by Gasteiger charge is -2.06. The Labute approximate surface area is 107 Å². The van der Waals surface area contributed by atoms with Crippen LogP contribution in [0.3, 0.4) is 0 Å². The fourth-order valence-corrected chi connectivity index (χ4v) is 2.58. The Morgan fingerprint density at radius 3 is 2.89 bits per heavy atom. The molecular formula is C13H21N3O2. The molecule has 0 amide bonds. The van der Waals surface area contributed by atoms with Crippen molar-refractivity contribution in [3.05, 3.63) is 11.9 Å². The molecule has 0 aliphatic heterocycles. The number of carboxylic acid groups (broad SMARTS) is 1. The summed E-state index contributed by atoms with van der Waals surface area (Å²) in [6.45, 7) is 0.988. The minimum absolute atomic E-state index is 0.246. The monoisotopic (exact) mass is 251 g/mol. The Morgan fingerprint density at radius 2 is 2.17 bits per heavy atom. The van der Waals surface area contributed by atoms with Gasteiger partial charge in [0.15, 0.2) is 0 Å². The lowest BCUT2D eigenvalue weighted by Crippen LogP contribution is -2.07. The highest BCUT2D eigenvalue weighted by molar-refractivity contribution is 5.66. The van der Waals surface area contributed by atoms with Gasteiger partial charge in [0.05, 0.1) is 5.69 Å². The zero-order chi connectivity index (χ0) is 12.8. The lowest BCUT2D eigenvalue weighted by molar-refractivity contribution is -0.137. The molecular weight excluding hydrogens is 230 g/mol. The molecule has 1 aromatic heterocycles. The summed E-state index contributed by atoms with van der Waals surface area (Å²) in [5.41, 5.74) is 0.985. The van der Waals surface area contributed by atoms with E-state index >= 15 is 0 Å². The number of carbonyl (C=O) groups is 1. The molecule has 5 heteroatoms. The van der Waals surface area contributed by atoms with Gasteiger partial charge in [-0.1, -0.05) is 18.1 Å². The van der Waals surface area contributed by atoms with Crippen molar-refractivity contribution >= 4 is 5.97 Å². The first-order valence-corrected chi connectivity index (χ1v) is 6.85. The molecule has 1 aliphatic carbocycles. The highest BCUT2D eigenvalue weighted by Gasteiger charge is 2.16. The molecule has 0 atom stereocenters. The van der Waals surface area contributed by atoms with Crippen molar-refractivity contribution in [3.63, 3.8) is 0 Å². The topological polar surface area (TPSA) is 68.0 Å². The van der Waals surface area contributed by atoms with Crippen LogP contribution < -0.4 is 0 Å². The minimum atomic E-state index is -0.722. The van der Waals surface area contributed by atoms with E-state index in [1.54, 1.807) is 0 Å². The Bertz CT molecular complexity index is 383. The first kappa shape index (κ1) is 13.1. The maximum Gasteiger partial charge on any atom is 0.303 e. The Balaban J connectivity index is 1.70. The van der Waals surface area contributed by atoms with Gasteiger partial charge in [-0.05, 0) is 38.0 Å². The van der Waals surface area contributed by atoms with Crippen LogP contribution in [-0.4, -0.2) is 26.1 Å². The van der Waals surface area contributed by atoms with Crippen molar-refractivity contribution in [3.8, 4) is 0 Å². The van der Waals surface area contributed by atoms with Gasteiger partial charge < -0.3 is 5.11 Å². The van der Waals surface area contributed by atoms with E-state index in [0.717, 1.165) is 31.0 Å². The van der Waals surface area contributed by atoms with Crippen molar-refractivity contribution in [2.24, 2.45) is 5.92 Å².